The van der Waals surface area contributed by atoms with Crippen molar-refractivity contribution in [2.75, 3.05) is 29.0 Å². The van der Waals surface area contributed by atoms with Crippen molar-refractivity contribution in [1.29, 1.82) is 0 Å². The fraction of sp³-hybridized carbons (Fsp3) is 0.278. The first-order valence-electron chi connectivity index (χ1n) is 7.70. The van der Waals surface area contributed by atoms with Crippen LogP contribution in [0, 0.1) is 0 Å². The topological polar surface area (TPSA) is 58.4 Å². The summed E-state index contributed by atoms with van der Waals surface area (Å²) in [6, 6.07) is 15.5. The zero-order valence-electron chi connectivity index (χ0n) is 12.6. The molecule has 4 nitrogen and oxygen atoms in total. The van der Waals surface area contributed by atoms with Crippen molar-refractivity contribution in [2.45, 2.75) is 19.3 Å². The van der Waals surface area contributed by atoms with Crippen LogP contribution in [0.25, 0.3) is 0 Å². The van der Waals surface area contributed by atoms with Crippen LogP contribution in [-0.2, 0) is 11.2 Å². The van der Waals surface area contributed by atoms with Gasteiger partial charge in [-0.05, 0) is 36.6 Å². The maximum atomic E-state index is 12.3. The number of hydrogen-bond acceptors (Lipinski definition) is 3. The lowest BCUT2D eigenvalue weighted by Gasteiger charge is -2.22. The lowest BCUT2D eigenvalue weighted by Crippen LogP contribution is -2.22. The monoisotopic (exact) mass is 295 g/mol. The summed E-state index contributed by atoms with van der Waals surface area (Å²) in [4.78, 5) is 14.6. The summed E-state index contributed by atoms with van der Waals surface area (Å²) in [6.07, 6.45) is 2.76. The number of nitrogens with zero attached hydrogens (tertiary/aromatic N) is 1. The van der Waals surface area contributed by atoms with Crippen molar-refractivity contribution in [1.82, 2.24) is 0 Å². The van der Waals surface area contributed by atoms with Crippen molar-refractivity contribution in [3.63, 3.8) is 0 Å². The van der Waals surface area contributed by atoms with Crippen LogP contribution in [0.1, 0.15) is 18.4 Å². The van der Waals surface area contributed by atoms with E-state index in [1.807, 2.05) is 48.5 Å². The summed E-state index contributed by atoms with van der Waals surface area (Å²) in [5.74, 6) is -0.0164. The molecule has 0 unspecified atom stereocenters. The summed E-state index contributed by atoms with van der Waals surface area (Å²) < 4.78 is 0. The molecular weight excluding hydrogens is 274 g/mol. The lowest BCUT2D eigenvalue weighted by molar-refractivity contribution is -0.115. The Morgan fingerprint density at radius 1 is 1.09 bits per heavy atom. The highest BCUT2D eigenvalue weighted by Crippen LogP contribution is 2.30. The third kappa shape index (κ3) is 3.39. The SMILES string of the molecule is Nc1ccc(N2CCCC2)c(NC(=O)Cc2ccccc2)c1. The van der Waals surface area contributed by atoms with Crippen molar-refractivity contribution in [3.05, 3.63) is 54.1 Å². The van der Waals surface area contributed by atoms with E-state index in [1.54, 1.807) is 0 Å². The first-order valence-corrected chi connectivity index (χ1v) is 7.70. The molecule has 3 N–H and O–H groups in total. The van der Waals surface area contributed by atoms with E-state index in [0.717, 1.165) is 30.0 Å². The minimum absolute atomic E-state index is 0.0164. The van der Waals surface area contributed by atoms with Gasteiger partial charge in [-0.1, -0.05) is 30.3 Å². The molecule has 1 saturated heterocycles. The maximum Gasteiger partial charge on any atom is 0.228 e. The number of nitrogen functional groups attached to an aromatic ring is 1. The van der Waals surface area contributed by atoms with Gasteiger partial charge in [-0.2, -0.15) is 0 Å². The van der Waals surface area contributed by atoms with Gasteiger partial charge in [0, 0.05) is 18.8 Å². The van der Waals surface area contributed by atoms with Crippen molar-refractivity contribution in [3.8, 4) is 0 Å². The zero-order valence-corrected chi connectivity index (χ0v) is 12.6. The predicted molar refractivity (Wildman–Crippen MR) is 91.1 cm³/mol. The van der Waals surface area contributed by atoms with E-state index in [-0.39, 0.29) is 5.91 Å². The van der Waals surface area contributed by atoms with Gasteiger partial charge in [0.2, 0.25) is 5.91 Å². The third-order valence-corrected chi connectivity index (χ3v) is 3.95. The highest BCUT2D eigenvalue weighted by Gasteiger charge is 2.17. The Bertz CT molecular complexity index is 649. The van der Waals surface area contributed by atoms with Gasteiger partial charge >= 0.3 is 0 Å². The number of anilines is 3. The molecule has 1 heterocycles. The molecule has 0 saturated carbocycles. The molecule has 2 aromatic rings. The molecule has 0 bridgehead atoms. The molecular formula is C18H21N3O. The second kappa shape index (κ2) is 6.52. The number of nitrogens with one attached hydrogen (secondary N) is 1. The van der Waals surface area contributed by atoms with Gasteiger partial charge in [0.25, 0.3) is 0 Å². The number of hydrogen-bond donors (Lipinski definition) is 2. The number of benzene rings is 2. The first-order chi connectivity index (χ1) is 10.7. The fourth-order valence-electron chi connectivity index (χ4n) is 2.86. The Labute approximate surface area is 130 Å². The normalized spacial score (nSPS) is 14.1. The van der Waals surface area contributed by atoms with Crippen LogP contribution >= 0.6 is 0 Å². The highest BCUT2D eigenvalue weighted by atomic mass is 16.1. The van der Waals surface area contributed by atoms with E-state index in [4.69, 9.17) is 5.73 Å². The molecule has 2 aromatic carbocycles. The number of rotatable bonds is 4. The molecule has 0 aliphatic carbocycles. The molecule has 1 amide bonds. The van der Waals surface area contributed by atoms with E-state index < -0.39 is 0 Å². The quantitative estimate of drug-likeness (QED) is 0.852. The van der Waals surface area contributed by atoms with Crippen LogP contribution in [0.4, 0.5) is 17.1 Å². The van der Waals surface area contributed by atoms with Crippen LogP contribution in [0.15, 0.2) is 48.5 Å². The van der Waals surface area contributed by atoms with E-state index in [9.17, 15) is 4.79 Å². The van der Waals surface area contributed by atoms with Crippen molar-refractivity contribution >= 4 is 23.0 Å². The zero-order chi connectivity index (χ0) is 15.4. The molecule has 4 heteroatoms. The van der Waals surface area contributed by atoms with E-state index in [0.29, 0.717) is 12.1 Å². The molecule has 114 valence electrons. The standard InChI is InChI=1S/C18H21N3O/c19-15-8-9-17(21-10-4-5-11-21)16(13-15)20-18(22)12-14-6-2-1-3-7-14/h1-3,6-9,13H,4-5,10-12,19H2,(H,20,22). The minimum Gasteiger partial charge on any atom is -0.399 e. The molecule has 1 aliphatic rings. The smallest absolute Gasteiger partial charge is 0.228 e. The molecule has 3 rings (SSSR count). The largest absolute Gasteiger partial charge is 0.399 e. The average molecular weight is 295 g/mol. The maximum absolute atomic E-state index is 12.3. The Hall–Kier alpha value is -2.49. The molecule has 22 heavy (non-hydrogen) atoms. The van der Waals surface area contributed by atoms with Gasteiger partial charge < -0.3 is 16.0 Å². The van der Waals surface area contributed by atoms with E-state index in [2.05, 4.69) is 10.2 Å². The van der Waals surface area contributed by atoms with Gasteiger partial charge in [0.05, 0.1) is 17.8 Å². The molecule has 0 aromatic heterocycles. The highest BCUT2D eigenvalue weighted by molar-refractivity contribution is 5.96. The Balaban J connectivity index is 1.76. The van der Waals surface area contributed by atoms with E-state index in [1.165, 1.54) is 12.8 Å². The molecule has 1 aliphatic heterocycles. The second-order valence-corrected chi connectivity index (χ2v) is 5.68. The van der Waals surface area contributed by atoms with Crippen LogP contribution < -0.4 is 16.0 Å². The molecule has 1 fully saturated rings. The minimum atomic E-state index is -0.0164. The summed E-state index contributed by atoms with van der Waals surface area (Å²) in [5.41, 5.74) is 9.43. The Morgan fingerprint density at radius 2 is 1.82 bits per heavy atom. The van der Waals surface area contributed by atoms with Gasteiger partial charge in [-0.3, -0.25) is 4.79 Å². The third-order valence-electron chi connectivity index (χ3n) is 3.95. The Morgan fingerprint density at radius 3 is 2.55 bits per heavy atom. The fourth-order valence-corrected chi connectivity index (χ4v) is 2.86. The second-order valence-electron chi connectivity index (χ2n) is 5.68. The first kappa shape index (κ1) is 14.4. The van der Waals surface area contributed by atoms with Gasteiger partial charge in [0.15, 0.2) is 0 Å². The number of amides is 1. The van der Waals surface area contributed by atoms with Crippen molar-refractivity contribution < 1.29 is 4.79 Å². The molecule has 0 spiro atoms. The van der Waals surface area contributed by atoms with Crippen molar-refractivity contribution in [2.24, 2.45) is 0 Å². The Kier molecular flexibility index (Phi) is 4.28. The summed E-state index contributed by atoms with van der Waals surface area (Å²) in [6.45, 7) is 2.07. The van der Waals surface area contributed by atoms with Gasteiger partial charge in [-0.25, -0.2) is 0 Å². The van der Waals surface area contributed by atoms with Gasteiger partial charge in [0.1, 0.15) is 0 Å². The number of carbonyl (C=O) groups excluding carboxylic acids is 1. The van der Waals surface area contributed by atoms with Crippen LogP contribution in [0.2, 0.25) is 0 Å². The molecule has 0 atom stereocenters. The lowest BCUT2D eigenvalue weighted by atomic mass is 10.1. The number of carbonyl (C=O) groups is 1. The van der Waals surface area contributed by atoms with Gasteiger partial charge in [-0.15, -0.1) is 0 Å². The summed E-state index contributed by atoms with van der Waals surface area (Å²) in [5, 5.41) is 3.02. The molecule has 0 radical (unpaired) electrons. The summed E-state index contributed by atoms with van der Waals surface area (Å²) >= 11 is 0. The number of nitrogens with two attached hydrogens (primary N) is 1. The average Bonchev–Trinajstić information content (AvgIpc) is 3.02. The van der Waals surface area contributed by atoms with E-state index >= 15 is 0 Å². The summed E-state index contributed by atoms with van der Waals surface area (Å²) in [7, 11) is 0. The van der Waals surface area contributed by atoms with Crippen LogP contribution in [0.3, 0.4) is 0 Å². The van der Waals surface area contributed by atoms with Crippen LogP contribution in [-0.4, -0.2) is 19.0 Å². The predicted octanol–water partition coefficient (Wildman–Crippen LogP) is 3.05. The van der Waals surface area contributed by atoms with Crippen LogP contribution in [0.5, 0.6) is 0 Å².